The number of carbonyl (C=O) groups excluding carboxylic acids is 1. The molecule has 0 atom stereocenters. The highest BCUT2D eigenvalue weighted by Gasteiger charge is 2.18. The highest BCUT2D eigenvalue weighted by molar-refractivity contribution is 5.89. The van der Waals surface area contributed by atoms with Crippen molar-refractivity contribution in [2.45, 2.75) is 0 Å². The van der Waals surface area contributed by atoms with E-state index in [1.165, 1.54) is 31.5 Å². The van der Waals surface area contributed by atoms with E-state index in [1.807, 2.05) is 0 Å². The molecule has 0 bridgehead atoms. The van der Waals surface area contributed by atoms with Crippen LogP contribution in [-0.2, 0) is 0 Å². The van der Waals surface area contributed by atoms with Crippen LogP contribution in [0.5, 0.6) is 5.88 Å². The van der Waals surface area contributed by atoms with E-state index >= 15 is 0 Å². The van der Waals surface area contributed by atoms with Crippen molar-refractivity contribution in [3.63, 3.8) is 0 Å². The van der Waals surface area contributed by atoms with Gasteiger partial charge >= 0.3 is 0 Å². The number of aromatic nitrogens is 1. The van der Waals surface area contributed by atoms with Gasteiger partial charge in [0, 0.05) is 17.3 Å². The highest BCUT2D eigenvalue weighted by atomic mass is 19.2. The fourth-order valence-corrected chi connectivity index (χ4v) is 1.68. The van der Waals surface area contributed by atoms with Gasteiger partial charge in [0.25, 0.3) is 0 Å². The van der Waals surface area contributed by atoms with E-state index in [-0.39, 0.29) is 22.6 Å². The van der Waals surface area contributed by atoms with Gasteiger partial charge in [-0.3, -0.25) is 4.79 Å². The Bertz CT molecular complexity index is 600. The molecule has 2 rings (SSSR count). The molecule has 1 heterocycles. The second kappa shape index (κ2) is 4.91. The van der Waals surface area contributed by atoms with Crippen molar-refractivity contribution in [2.24, 2.45) is 0 Å². The number of rotatable bonds is 3. The van der Waals surface area contributed by atoms with Crippen molar-refractivity contribution in [1.29, 1.82) is 0 Å². The zero-order chi connectivity index (χ0) is 13.1. The summed E-state index contributed by atoms with van der Waals surface area (Å²) in [6.45, 7) is 0. The van der Waals surface area contributed by atoms with Crippen LogP contribution in [0.15, 0.2) is 30.5 Å². The van der Waals surface area contributed by atoms with Crippen molar-refractivity contribution in [2.75, 3.05) is 7.11 Å². The molecule has 0 aliphatic rings. The number of pyridine rings is 1. The number of carbonyl (C=O) groups is 1. The topological polar surface area (TPSA) is 39.2 Å². The lowest BCUT2D eigenvalue weighted by Gasteiger charge is -2.10. The second-order valence-corrected chi connectivity index (χ2v) is 3.50. The van der Waals surface area contributed by atoms with Crippen molar-refractivity contribution in [3.8, 4) is 17.0 Å². The zero-order valence-corrected chi connectivity index (χ0v) is 9.48. The number of halogens is 2. The van der Waals surface area contributed by atoms with Crippen molar-refractivity contribution < 1.29 is 18.3 Å². The second-order valence-electron chi connectivity index (χ2n) is 3.50. The molecule has 1 aromatic carbocycles. The molecule has 92 valence electrons. The highest BCUT2D eigenvalue weighted by Crippen LogP contribution is 2.33. The molecule has 0 radical (unpaired) electrons. The summed E-state index contributed by atoms with van der Waals surface area (Å²) in [5.74, 6) is -1.95. The molecule has 0 saturated heterocycles. The van der Waals surface area contributed by atoms with Crippen LogP contribution in [0.2, 0.25) is 0 Å². The van der Waals surface area contributed by atoms with E-state index in [0.717, 1.165) is 6.07 Å². The number of ether oxygens (including phenoxy) is 1. The van der Waals surface area contributed by atoms with Gasteiger partial charge in [-0.15, -0.1) is 0 Å². The van der Waals surface area contributed by atoms with Crippen LogP contribution in [0.25, 0.3) is 11.1 Å². The molecule has 0 unspecified atom stereocenters. The molecule has 0 fully saturated rings. The smallest absolute Gasteiger partial charge is 0.221 e. The summed E-state index contributed by atoms with van der Waals surface area (Å²) in [4.78, 5) is 14.8. The Labute approximate surface area is 102 Å². The van der Waals surface area contributed by atoms with E-state index in [1.54, 1.807) is 0 Å². The molecule has 0 aliphatic heterocycles. The van der Waals surface area contributed by atoms with Gasteiger partial charge in [-0.05, 0) is 12.1 Å². The lowest BCUT2D eigenvalue weighted by molar-refractivity contribution is 0.112. The van der Waals surface area contributed by atoms with Crippen LogP contribution in [0.1, 0.15) is 10.4 Å². The Morgan fingerprint density at radius 1 is 1.28 bits per heavy atom. The lowest BCUT2D eigenvalue weighted by Crippen LogP contribution is -1.99. The first-order chi connectivity index (χ1) is 8.69. The first-order valence-corrected chi connectivity index (χ1v) is 5.11. The molecular weight excluding hydrogens is 240 g/mol. The normalized spacial score (nSPS) is 10.2. The molecule has 3 nitrogen and oxygen atoms in total. The third kappa shape index (κ3) is 1.95. The Morgan fingerprint density at radius 2 is 2.06 bits per heavy atom. The van der Waals surface area contributed by atoms with Crippen LogP contribution >= 0.6 is 0 Å². The predicted octanol–water partition coefficient (Wildman–Crippen LogP) is 2.85. The van der Waals surface area contributed by atoms with Gasteiger partial charge in [-0.2, -0.15) is 0 Å². The van der Waals surface area contributed by atoms with Gasteiger partial charge in [0.15, 0.2) is 17.9 Å². The third-order valence-corrected chi connectivity index (χ3v) is 2.49. The minimum Gasteiger partial charge on any atom is -0.481 e. The number of aldehydes is 1. The first-order valence-electron chi connectivity index (χ1n) is 5.11. The van der Waals surface area contributed by atoms with Crippen molar-refractivity contribution >= 4 is 6.29 Å². The zero-order valence-electron chi connectivity index (χ0n) is 9.48. The summed E-state index contributed by atoms with van der Waals surface area (Å²) in [7, 11) is 1.34. The molecule has 0 saturated carbocycles. The molecule has 0 aliphatic carbocycles. The maximum Gasteiger partial charge on any atom is 0.221 e. The van der Waals surface area contributed by atoms with Gasteiger partial charge in [0.05, 0.1) is 12.7 Å². The molecule has 0 N–H and O–H groups in total. The van der Waals surface area contributed by atoms with Crippen LogP contribution in [0.4, 0.5) is 8.78 Å². The fraction of sp³-hybridized carbons (Fsp3) is 0.0769. The number of methoxy groups -OCH3 is 1. The lowest BCUT2D eigenvalue weighted by atomic mass is 10.0. The van der Waals surface area contributed by atoms with Gasteiger partial charge in [-0.1, -0.05) is 12.1 Å². The Balaban J connectivity index is 2.77. The summed E-state index contributed by atoms with van der Waals surface area (Å²) in [5.41, 5.74) is 0.278. The van der Waals surface area contributed by atoms with Crippen LogP contribution < -0.4 is 4.74 Å². The monoisotopic (exact) mass is 249 g/mol. The van der Waals surface area contributed by atoms with Crippen molar-refractivity contribution in [3.05, 3.63) is 47.7 Å². The molecule has 0 spiro atoms. The summed E-state index contributed by atoms with van der Waals surface area (Å²) in [5, 5.41) is 0. The Kier molecular flexibility index (Phi) is 3.32. The SMILES string of the molecule is COc1nccc(C=O)c1-c1cccc(F)c1F. The number of hydrogen-bond acceptors (Lipinski definition) is 3. The predicted molar refractivity (Wildman–Crippen MR) is 61.5 cm³/mol. The number of nitrogens with zero attached hydrogens (tertiary/aromatic N) is 1. The van der Waals surface area contributed by atoms with E-state index in [9.17, 15) is 13.6 Å². The molecule has 18 heavy (non-hydrogen) atoms. The minimum absolute atomic E-state index is 0.0537. The Hall–Kier alpha value is -2.30. The average molecular weight is 249 g/mol. The van der Waals surface area contributed by atoms with Gasteiger partial charge in [0.1, 0.15) is 0 Å². The summed E-state index contributed by atoms with van der Waals surface area (Å²) in [6.07, 6.45) is 1.91. The van der Waals surface area contributed by atoms with E-state index < -0.39 is 11.6 Å². The van der Waals surface area contributed by atoms with Gasteiger partial charge < -0.3 is 4.74 Å². The third-order valence-electron chi connectivity index (χ3n) is 2.49. The maximum atomic E-state index is 13.7. The molecule has 1 aromatic heterocycles. The van der Waals surface area contributed by atoms with Gasteiger partial charge in [-0.25, -0.2) is 13.8 Å². The number of hydrogen-bond donors (Lipinski definition) is 0. The fourth-order valence-electron chi connectivity index (χ4n) is 1.68. The number of benzene rings is 1. The molecule has 0 amide bonds. The summed E-state index contributed by atoms with van der Waals surface area (Å²) < 4.78 is 31.9. The van der Waals surface area contributed by atoms with Crippen molar-refractivity contribution in [1.82, 2.24) is 4.98 Å². The minimum atomic E-state index is -1.04. The van der Waals surface area contributed by atoms with Gasteiger partial charge in [0.2, 0.25) is 5.88 Å². The summed E-state index contributed by atoms with van der Waals surface area (Å²) in [6, 6.07) is 5.14. The van der Waals surface area contributed by atoms with Crippen LogP contribution in [0, 0.1) is 11.6 Å². The average Bonchev–Trinajstić information content (AvgIpc) is 2.41. The standard InChI is InChI=1S/C13H9F2NO2/c1-18-13-11(8(7-17)5-6-16-13)9-3-2-4-10(14)12(9)15/h2-7H,1H3. The largest absolute Gasteiger partial charge is 0.481 e. The molecular formula is C13H9F2NO2. The molecule has 2 aromatic rings. The quantitative estimate of drug-likeness (QED) is 0.785. The summed E-state index contributed by atoms with van der Waals surface area (Å²) >= 11 is 0. The van der Waals surface area contributed by atoms with Crippen LogP contribution in [-0.4, -0.2) is 18.4 Å². The van der Waals surface area contributed by atoms with E-state index in [2.05, 4.69) is 4.98 Å². The van der Waals surface area contributed by atoms with E-state index in [0.29, 0.717) is 6.29 Å². The first kappa shape index (κ1) is 12.2. The van der Waals surface area contributed by atoms with Crippen LogP contribution in [0.3, 0.4) is 0 Å². The Morgan fingerprint density at radius 3 is 2.72 bits per heavy atom. The maximum absolute atomic E-state index is 13.7. The van der Waals surface area contributed by atoms with E-state index in [4.69, 9.17) is 4.74 Å². The molecule has 5 heteroatoms.